The van der Waals surface area contributed by atoms with Crippen LogP contribution in [0.2, 0.25) is 0 Å². The monoisotopic (exact) mass is 345 g/mol. The Morgan fingerprint density at radius 2 is 2.27 bits per heavy atom. The molecule has 1 atom stereocenters. The summed E-state index contributed by atoms with van der Waals surface area (Å²) in [5.74, 6) is -0.378. The summed E-state index contributed by atoms with van der Waals surface area (Å²) in [5, 5.41) is 16.8. The van der Waals surface area contributed by atoms with E-state index >= 15 is 0 Å². The number of hydrogen-bond donors (Lipinski definition) is 1. The molecule has 5 nitrogen and oxygen atoms in total. The molecule has 1 aromatic carbocycles. The highest BCUT2D eigenvalue weighted by atomic mass is 35.5. The molecule has 1 N–H and O–H groups in total. The summed E-state index contributed by atoms with van der Waals surface area (Å²) in [6.07, 6.45) is 0.641. The quantitative estimate of drug-likeness (QED) is 0.399. The van der Waals surface area contributed by atoms with Crippen molar-refractivity contribution in [1.82, 2.24) is 9.78 Å². The Labute approximate surface area is 136 Å². The van der Waals surface area contributed by atoms with Crippen molar-refractivity contribution in [2.45, 2.75) is 17.7 Å². The normalized spacial score (nSPS) is 20.4. The van der Waals surface area contributed by atoms with Crippen molar-refractivity contribution in [2.75, 3.05) is 6.61 Å². The lowest BCUT2D eigenvalue weighted by molar-refractivity contribution is 0.285. The molecule has 8 heteroatoms. The van der Waals surface area contributed by atoms with Crippen molar-refractivity contribution in [3.63, 3.8) is 0 Å². The first kappa shape index (κ1) is 15.4. The third kappa shape index (κ3) is 2.61. The third-order valence-electron chi connectivity index (χ3n) is 3.79. The summed E-state index contributed by atoms with van der Waals surface area (Å²) in [6, 6.07) is 2.89. The van der Waals surface area contributed by atoms with Crippen molar-refractivity contribution >= 4 is 39.8 Å². The summed E-state index contributed by atoms with van der Waals surface area (Å²) < 4.78 is 20.5. The van der Waals surface area contributed by atoms with Gasteiger partial charge in [-0.25, -0.2) is 4.39 Å². The summed E-state index contributed by atoms with van der Waals surface area (Å²) >= 11 is 11.9. The van der Waals surface area contributed by atoms with Gasteiger partial charge in [0, 0.05) is 24.4 Å². The highest BCUT2D eigenvalue weighted by molar-refractivity contribution is 6.50. The molecule has 0 bridgehead atoms. The lowest BCUT2D eigenvalue weighted by Gasteiger charge is -2.08. The van der Waals surface area contributed by atoms with Gasteiger partial charge in [0.2, 0.25) is 0 Å². The van der Waals surface area contributed by atoms with E-state index in [9.17, 15) is 4.39 Å². The lowest BCUT2D eigenvalue weighted by Crippen LogP contribution is -2.05. The summed E-state index contributed by atoms with van der Waals surface area (Å²) in [4.78, 5) is 0. The molecule has 0 radical (unpaired) electrons. The van der Waals surface area contributed by atoms with E-state index in [0.29, 0.717) is 28.7 Å². The van der Waals surface area contributed by atoms with Crippen LogP contribution in [0.15, 0.2) is 17.3 Å². The molecule has 0 amide bonds. The molecule has 22 heavy (non-hydrogen) atoms. The molecule has 1 unspecified atom stereocenters. The van der Waals surface area contributed by atoms with Crippen LogP contribution in [0.1, 0.15) is 19.0 Å². The highest BCUT2D eigenvalue weighted by Gasteiger charge is 2.52. The van der Waals surface area contributed by atoms with Crippen LogP contribution in [0, 0.1) is 11.7 Å². The maximum absolute atomic E-state index is 14.2. The van der Waals surface area contributed by atoms with Gasteiger partial charge in [0.25, 0.3) is 0 Å². The van der Waals surface area contributed by atoms with E-state index in [1.54, 1.807) is 24.7 Å². The zero-order valence-electron chi connectivity index (χ0n) is 12.0. The number of ether oxygens (including phenoxy) is 1. The number of fused-ring (bicyclic) bond motifs is 1. The van der Waals surface area contributed by atoms with Gasteiger partial charge < -0.3 is 9.94 Å². The molecule has 1 aromatic heterocycles. The van der Waals surface area contributed by atoms with E-state index in [4.69, 9.17) is 33.1 Å². The van der Waals surface area contributed by atoms with Gasteiger partial charge in [-0.3, -0.25) is 4.68 Å². The van der Waals surface area contributed by atoms with Crippen molar-refractivity contribution in [3.05, 3.63) is 23.6 Å². The Balaban J connectivity index is 1.93. The molecule has 3 rings (SSSR count). The number of hydrogen-bond acceptors (Lipinski definition) is 4. The number of benzene rings is 1. The van der Waals surface area contributed by atoms with Crippen LogP contribution in [-0.2, 0) is 7.05 Å². The minimum absolute atomic E-state index is 0.0109. The van der Waals surface area contributed by atoms with Crippen molar-refractivity contribution in [3.8, 4) is 5.75 Å². The molecule has 1 fully saturated rings. The zero-order valence-corrected chi connectivity index (χ0v) is 13.5. The van der Waals surface area contributed by atoms with Crippen LogP contribution in [0.4, 0.5) is 4.39 Å². The van der Waals surface area contributed by atoms with Crippen LogP contribution in [0.25, 0.3) is 10.9 Å². The van der Waals surface area contributed by atoms with Crippen molar-refractivity contribution in [1.29, 1.82) is 0 Å². The number of oxime groups is 1. The van der Waals surface area contributed by atoms with Crippen molar-refractivity contribution < 1.29 is 14.3 Å². The smallest absolute Gasteiger partial charge is 0.165 e. The van der Waals surface area contributed by atoms with Gasteiger partial charge in [0.1, 0.15) is 15.7 Å². The van der Waals surface area contributed by atoms with E-state index in [-0.39, 0.29) is 18.3 Å². The van der Waals surface area contributed by atoms with Gasteiger partial charge in [-0.1, -0.05) is 5.16 Å². The Hall–Kier alpha value is -1.53. The molecule has 1 aliphatic carbocycles. The zero-order chi connectivity index (χ0) is 16.1. The fraction of sp³-hybridized carbons (Fsp3) is 0.429. The first-order valence-corrected chi connectivity index (χ1v) is 7.45. The second-order valence-corrected chi connectivity index (χ2v) is 6.97. The number of aromatic nitrogens is 2. The molecule has 1 aliphatic rings. The minimum atomic E-state index is -0.755. The van der Waals surface area contributed by atoms with Gasteiger partial charge in [0.05, 0.1) is 12.1 Å². The summed E-state index contributed by atoms with van der Waals surface area (Å²) in [5.41, 5.74) is 1.41. The van der Waals surface area contributed by atoms with Gasteiger partial charge in [-0.2, -0.15) is 5.10 Å². The molecule has 1 saturated carbocycles. The summed E-state index contributed by atoms with van der Waals surface area (Å²) in [7, 11) is 1.72. The molecular formula is C14H14Cl2FN3O2. The molecule has 2 aromatic rings. The lowest BCUT2D eigenvalue weighted by atomic mass is 10.1. The maximum Gasteiger partial charge on any atom is 0.165 e. The van der Waals surface area contributed by atoms with Gasteiger partial charge in [-0.15, -0.1) is 23.2 Å². The fourth-order valence-corrected chi connectivity index (χ4v) is 2.82. The van der Waals surface area contributed by atoms with Gasteiger partial charge >= 0.3 is 0 Å². The van der Waals surface area contributed by atoms with Crippen LogP contribution >= 0.6 is 23.2 Å². The average Bonchev–Trinajstić information content (AvgIpc) is 2.96. The number of nitrogens with zero attached hydrogens (tertiary/aromatic N) is 3. The number of halogens is 3. The topological polar surface area (TPSA) is 59.6 Å². The minimum Gasteiger partial charge on any atom is -0.490 e. The van der Waals surface area contributed by atoms with E-state index in [0.717, 1.165) is 0 Å². The highest BCUT2D eigenvalue weighted by Crippen LogP contribution is 2.53. The molecule has 1 heterocycles. The van der Waals surface area contributed by atoms with Crippen molar-refractivity contribution in [2.24, 2.45) is 18.1 Å². The standard InChI is InChI=1S/C14H14Cl2FN3O2/c1-7(19-21)13-9-3-10(17)12(4-11(9)20(2)18-13)22-6-8-5-14(8,15)16/h3-4,8,21H,5-6H2,1-2H3. The first-order valence-electron chi connectivity index (χ1n) is 6.69. The molecule has 0 aliphatic heterocycles. The van der Waals surface area contributed by atoms with Crippen LogP contribution in [0.3, 0.4) is 0 Å². The predicted octanol–water partition coefficient (Wildman–Crippen LogP) is 3.48. The molecule has 0 saturated heterocycles. The molecule has 0 spiro atoms. The van der Waals surface area contributed by atoms with Gasteiger partial charge in [-0.05, 0) is 19.4 Å². The Kier molecular flexibility index (Phi) is 3.69. The number of aryl methyl sites for hydroxylation is 1. The fourth-order valence-electron chi connectivity index (χ4n) is 2.32. The Morgan fingerprint density at radius 1 is 1.59 bits per heavy atom. The molecular weight excluding hydrogens is 332 g/mol. The van der Waals surface area contributed by atoms with E-state index in [1.807, 2.05) is 0 Å². The van der Waals surface area contributed by atoms with E-state index < -0.39 is 10.2 Å². The SMILES string of the molecule is CC(=NO)c1nn(C)c2cc(OCC3CC3(Cl)Cl)c(F)cc12. The average molecular weight is 346 g/mol. The number of alkyl halides is 2. The van der Waals surface area contributed by atoms with Gasteiger partial charge in [0.15, 0.2) is 11.6 Å². The second kappa shape index (κ2) is 5.28. The third-order valence-corrected chi connectivity index (χ3v) is 4.72. The number of rotatable bonds is 4. The van der Waals surface area contributed by atoms with Crippen LogP contribution in [-0.4, -0.2) is 31.6 Å². The van der Waals surface area contributed by atoms with Crippen LogP contribution in [0.5, 0.6) is 5.75 Å². The Bertz CT molecular complexity index is 773. The largest absolute Gasteiger partial charge is 0.490 e. The van der Waals surface area contributed by atoms with Crippen LogP contribution < -0.4 is 4.74 Å². The molecule has 118 valence electrons. The predicted molar refractivity (Wildman–Crippen MR) is 82.7 cm³/mol. The first-order chi connectivity index (χ1) is 10.3. The maximum atomic E-state index is 14.2. The summed E-state index contributed by atoms with van der Waals surface area (Å²) in [6.45, 7) is 1.86. The second-order valence-electron chi connectivity index (χ2n) is 5.43. The van der Waals surface area contributed by atoms with E-state index in [1.165, 1.54) is 6.07 Å². The Morgan fingerprint density at radius 3 is 2.86 bits per heavy atom. The van der Waals surface area contributed by atoms with E-state index in [2.05, 4.69) is 10.3 Å².